The van der Waals surface area contributed by atoms with Gasteiger partial charge in [0, 0.05) is 18.7 Å². The highest BCUT2D eigenvalue weighted by Gasteiger charge is 2.32. The Morgan fingerprint density at radius 1 is 0.861 bits per heavy atom. The zero-order chi connectivity index (χ0) is 25.7. The summed E-state index contributed by atoms with van der Waals surface area (Å²) in [7, 11) is -2.24. The largest absolute Gasteiger partial charge is 0.497 e. The molecule has 0 N–H and O–H groups in total. The third-order valence-electron chi connectivity index (χ3n) is 6.00. The van der Waals surface area contributed by atoms with Crippen molar-refractivity contribution in [3.8, 4) is 5.75 Å². The molecule has 1 saturated heterocycles. The Kier molecular flexibility index (Phi) is 7.71. The number of urea groups is 1. The van der Waals surface area contributed by atoms with Crippen LogP contribution in [0.4, 0.5) is 10.5 Å². The summed E-state index contributed by atoms with van der Waals surface area (Å²) < 4.78 is 35.0. The van der Waals surface area contributed by atoms with Gasteiger partial charge in [-0.3, -0.25) is 18.8 Å². The van der Waals surface area contributed by atoms with Crippen molar-refractivity contribution in [1.29, 1.82) is 0 Å². The summed E-state index contributed by atoms with van der Waals surface area (Å²) in [6, 6.07) is 20.6. The molecule has 0 saturated carbocycles. The predicted molar refractivity (Wildman–Crippen MR) is 135 cm³/mol. The van der Waals surface area contributed by atoms with Crippen LogP contribution in [0.15, 0.2) is 77.7 Å². The van der Waals surface area contributed by atoms with Crippen molar-refractivity contribution in [1.82, 2.24) is 4.90 Å². The molecule has 1 aliphatic heterocycles. The highest BCUT2D eigenvalue weighted by atomic mass is 32.2. The fraction of sp³-hybridized carbons (Fsp3) is 0.259. The average Bonchev–Trinajstić information content (AvgIpc) is 2.88. The fourth-order valence-corrected chi connectivity index (χ4v) is 4.79. The number of hydrogen-bond acceptors (Lipinski definition) is 6. The number of carbonyl (C=O) groups is 2. The van der Waals surface area contributed by atoms with Gasteiger partial charge in [0.15, 0.2) is 0 Å². The van der Waals surface area contributed by atoms with Crippen LogP contribution < -0.4 is 9.64 Å². The van der Waals surface area contributed by atoms with Crippen LogP contribution in [0.3, 0.4) is 0 Å². The van der Waals surface area contributed by atoms with Crippen LogP contribution in [0.25, 0.3) is 0 Å². The second kappa shape index (κ2) is 10.9. The number of imide groups is 1. The van der Waals surface area contributed by atoms with Crippen LogP contribution in [0.2, 0.25) is 0 Å². The molecule has 9 heteroatoms. The minimum absolute atomic E-state index is 0.00232. The summed E-state index contributed by atoms with van der Waals surface area (Å²) in [5, 5.41) is 0. The molecule has 3 aromatic carbocycles. The lowest BCUT2D eigenvalue weighted by Crippen LogP contribution is -2.52. The number of methoxy groups -OCH3 is 1. The van der Waals surface area contributed by atoms with E-state index in [4.69, 9.17) is 8.92 Å². The molecule has 0 bridgehead atoms. The predicted octanol–water partition coefficient (Wildman–Crippen LogP) is 4.31. The second-order valence-electron chi connectivity index (χ2n) is 8.52. The maximum absolute atomic E-state index is 13.1. The lowest BCUT2D eigenvalue weighted by molar-refractivity contribution is -0.129. The van der Waals surface area contributed by atoms with Crippen molar-refractivity contribution < 1.29 is 26.9 Å². The van der Waals surface area contributed by atoms with E-state index in [-0.39, 0.29) is 36.4 Å². The minimum Gasteiger partial charge on any atom is -0.497 e. The Morgan fingerprint density at radius 2 is 1.50 bits per heavy atom. The molecular formula is C27H28N2O6S. The molecule has 1 aliphatic rings. The number of anilines is 1. The zero-order valence-electron chi connectivity index (χ0n) is 20.2. The average molecular weight is 509 g/mol. The van der Waals surface area contributed by atoms with Gasteiger partial charge in [-0.1, -0.05) is 42.0 Å². The van der Waals surface area contributed by atoms with Gasteiger partial charge in [-0.25, -0.2) is 4.79 Å². The van der Waals surface area contributed by atoms with Crippen LogP contribution in [0, 0.1) is 6.92 Å². The van der Waals surface area contributed by atoms with Gasteiger partial charge < -0.3 is 4.74 Å². The third-order valence-corrected chi connectivity index (χ3v) is 7.33. The Morgan fingerprint density at radius 3 is 2.14 bits per heavy atom. The van der Waals surface area contributed by atoms with E-state index in [0.29, 0.717) is 24.4 Å². The maximum atomic E-state index is 13.1. The normalized spacial score (nSPS) is 14.3. The molecule has 0 aromatic heterocycles. The van der Waals surface area contributed by atoms with Crippen molar-refractivity contribution in [2.75, 3.05) is 25.2 Å². The monoisotopic (exact) mass is 508 g/mol. The minimum atomic E-state index is -3.82. The Bertz CT molecular complexity index is 1320. The van der Waals surface area contributed by atoms with E-state index >= 15 is 0 Å². The van der Waals surface area contributed by atoms with Gasteiger partial charge in [0.1, 0.15) is 5.75 Å². The molecule has 8 nitrogen and oxygen atoms in total. The number of nitrogens with zero attached hydrogens (tertiary/aromatic N) is 2. The van der Waals surface area contributed by atoms with Crippen LogP contribution >= 0.6 is 0 Å². The molecule has 0 radical (unpaired) electrons. The summed E-state index contributed by atoms with van der Waals surface area (Å²) >= 11 is 0. The van der Waals surface area contributed by atoms with Crippen molar-refractivity contribution in [3.05, 3.63) is 89.5 Å². The lowest BCUT2D eigenvalue weighted by atomic mass is 10.1. The SMILES string of the molecule is COc1ccc(CN2C(=O)CCN(c3ccc(CCOS(=O)(=O)c4ccc(C)cc4)cc3)C2=O)cc1. The molecule has 0 atom stereocenters. The summed E-state index contributed by atoms with van der Waals surface area (Å²) in [5.41, 5.74) is 3.34. The van der Waals surface area contributed by atoms with E-state index in [1.165, 1.54) is 17.0 Å². The van der Waals surface area contributed by atoms with E-state index in [2.05, 4.69) is 0 Å². The first-order chi connectivity index (χ1) is 17.3. The van der Waals surface area contributed by atoms with Crippen LogP contribution in [0.5, 0.6) is 5.75 Å². The number of carbonyl (C=O) groups excluding carboxylic acids is 2. The Labute approximate surface area is 211 Å². The topological polar surface area (TPSA) is 93.2 Å². The smallest absolute Gasteiger partial charge is 0.331 e. The molecule has 36 heavy (non-hydrogen) atoms. The van der Waals surface area contributed by atoms with Gasteiger partial charge >= 0.3 is 6.03 Å². The maximum Gasteiger partial charge on any atom is 0.331 e. The number of hydrogen-bond donors (Lipinski definition) is 0. The molecule has 1 fully saturated rings. The van der Waals surface area contributed by atoms with Crippen molar-refractivity contribution in [2.24, 2.45) is 0 Å². The number of amides is 3. The van der Waals surface area contributed by atoms with E-state index in [1.54, 1.807) is 48.4 Å². The van der Waals surface area contributed by atoms with E-state index in [0.717, 1.165) is 16.7 Å². The number of benzene rings is 3. The molecule has 0 spiro atoms. The first-order valence-electron chi connectivity index (χ1n) is 11.6. The Hall–Kier alpha value is -3.69. The van der Waals surface area contributed by atoms with Crippen LogP contribution in [0.1, 0.15) is 23.1 Å². The molecule has 0 unspecified atom stereocenters. The molecular weight excluding hydrogens is 480 g/mol. The zero-order valence-corrected chi connectivity index (χ0v) is 21.0. The highest BCUT2D eigenvalue weighted by molar-refractivity contribution is 7.86. The van der Waals surface area contributed by atoms with E-state index in [1.807, 2.05) is 31.2 Å². The summed E-state index contributed by atoms with van der Waals surface area (Å²) in [4.78, 5) is 28.5. The molecule has 4 rings (SSSR count). The fourth-order valence-electron chi connectivity index (χ4n) is 3.88. The lowest BCUT2D eigenvalue weighted by Gasteiger charge is -2.34. The first kappa shape index (κ1) is 25.4. The van der Waals surface area contributed by atoms with E-state index in [9.17, 15) is 18.0 Å². The second-order valence-corrected chi connectivity index (χ2v) is 10.1. The van der Waals surface area contributed by atoms with Crippen molar-refractivity contribution >= 4 is 27.7 Å². The van der Waals surface area contributed by atoms with E-state index < -0.39 is 10.1 Å². The van der Waals surface area contributed by atoms with Gasteiger partial charge in [-0.05, 0) is 60.9 Å². The molecule has 0 aliphatic carbocycles. The van der Waals surface area contributed by atoms with Crippen LogP contribution in [-0.4, -0.2) is 45.5 Å². The van der Waals surface area contributed by atoms with Gasteiger partial charge in [0.05, 0.1) is 25.2 Å². The molecule has 3 aromatic rings. The first-order valence-corrected chi connectivity index (χ1v) is 13.0. The highest BCUT2D eigenvalue weighted by Crippen LogP contribution is 2.24. The van der Waals surface area contributed by atoms with Gasteiger partial charge in [-0.2, -0.15) is 8.42 Å². The number of aryl methyl sites for hydroxylation is 1. The Balaban J connectivity index is 1.36. The standard InChI is InChI=1S/C27H28N2O6S/c1-20-3-13-25(14-4-20)36(32,33)35-18-16-21-5-9-23(10-6-21)28-17-15-26(30)29(27(28)31)19-22-7-11-24(34-2)12-8-22/h3-14H,15-19H2,1-2H3. The number of rotatable bonds is 9. The molecule has 3 amide bonds. The van der Waals surface area contributed by atoms with Gasteiger partial charge in [-0.15, -0.1) is 0 Å². The third kappa shape index (κ3) is 5.92. The quantitative estimate of drug-likeness (QED) is 0.400. The summed E-state index contributed by atoms with van der Waals surface area (Å²) in [5.74, 6) is 0.491. The van der Waals surface area contributed by atoms with Crippen molar-refractivity contribution in [2.45, 2.75) is 31.2 Å². The van der Waals surface area contributed by atoms with Crippen molar-refractivity contribution in [3.63, 3.8) is 0 Å². The van der Waals surface area contributed by atoms with Crippen LogP contribution in [-0.2, 0) is 32.1 Å². The molecule has 1 heterocycles. The summed E-state index contributed by atoms with van der Waals surface area (Å²) in [6.07, 6.45) is 0.621. The summed E-state index contributed by atoms with van der Waals surface area (Å²) in [6.45, 7) is 2.37. The number of ether oxygens (including phenoxy) is 1. The van der Waals surface area contributed by atoms with Gasteiger partial charge in [0.2, 0.25) is 5.91 Å². The molecule has 188 valence electrons. The van der Waals surface area contributed by atoms with Gasteiger partial charge in [0.25, 0.3) is 10.1 Å².